The zero-order chi connectivity index (χ0) is 16.0. The highest BCUT2D eigenvalue weighted by Crippen LogP contribution is 2.46. The van der Waals surface area contributed by atoms with Crippen LogP contribution in [0.5, 0.6) is 0 Å². The highest BCUT2D eigenvalue weighted by Gasteiger charge is 2.50. The summed E-state index contributed by atoms with van der Waals surface area (Å²) in [5, 5.41) is 15.4. The van der Waals surface area contributed by atoms with Gasteiger partial charge in [-0.2, -0.15) is 5.10 Å². The Morgan fingerprint density at radius 1 is 1.17 bits per heavy atom. The van der Waals surface area contributed by atoms with Gasteiger partial charge in [0.15, 0.2) is 0 Å². The molecule has 0 saturated carbocycles. The minimum absolute atomic E-state index is 0.00629. The van der Waals surface area contributed by atoms with E-state index in [1.807, 2.05) is 42.3 Å². The third-order valence-corrected chi connectivity index (χ3v) is 5.24. The Labute approximate surface area is 135 Å². The summed E-state index contributed by atoms with van der Waals surface area (Å²) in [7, 11) is 1.82. The van der Waals surface area contributed by atoms with Gasteiger partial charge in [0.2, 0.25) is 0 Å². The van der Waals surface area contributed by atoms with Crippen LogP contribution in [-0.2, 0) is 12.6 Å². The number of carbonyl (C=O) groups excluding carboxylic acids is 1. The van der Waals surface area contributed by atoms with Crippen molar-refractivity contribution in [3.05, 3.63) is 53.9 Å². The molecule has 120 valence electrons. The van der Waals surface area contributed by atoms with Crippen molar-refractivity contribution in [2.75, 3.05) is 0 Å². The number of aryl methyl sites for hydroxylation is 1. The van der Waals surface area contributed by atoms with E-state index in [0.717, 1.165) is 18.4 Å². The molecule has 5 nitrogen and oxygen atoms in total. The Hall–Kier alpha value is -2.14. The molecule has 0 radical (unpaired) electrons. The molecular weight excluding hydrogens is 290 g/mol. The summed E-state index contributed by atoms with van der Waals surface area (Å²) in [6, 6.07) is 11.8. The zero-order valence-corrected chi connectivity index (χ0v) is 13.2. The fourth-order valence-electron chi connectivity index (χ4n) is 4.20. The standard InChI is InChI=1S/C18H21N3O2/c1-20-10-9-16(19-20)17(22)21-14-7-8-15(21)12-18(23,11-14)13-5-3-2-4-6-13/h2-6,9-10,14-15,23H,7-8,11-12H2,1H3. The van der Waals surface area contributed by atoms with Gasteiger partial charge in [0, 0.05) is 38.2 Å². The minimum atomic E-state index is -0.825. The Bertz CT molecular complexity index is 711. The van der Waals surface area contributed by atoms with E-state index in [9.17, 15) is 9.90 Å². The zero-order valence-electron chi connectivity index (χ0n) is 13.2. The summed E-state index contributed by atoms with van der Waals surface area (Å²) in [5.74, 6) is -0.00629. The molecule has 2 fully saturated rings. The number of nitrogens with zero attached hydrogens (tertiary/aromatic N) is 3. The average Bonchev–Trinajstić information content (AvgIpc) is 3.10. The second-order valence-corrected chi connectivity index (χ2v) is 6.78. The lowest BCUT2D eigenvalue weighted by Crippen LogP contribution is -2.52. The number of fused-ring (bicyclic) bond motifs is 2. The summed E-state index contributed by atoms with van der Waals surface area (Å²) < 4.78 is 1.65. The number of rotatable bonds is 2. The number of hydrogen-bond acceptors (Lipinski definition) is 3. The van der Waals surface area contributed by atoms with E-state index in [1.165, 1.54) is 0 Å². The van der Waals surface area contributed by atoms with Gasteiger partial charge >= 0.3 is 0 Å². The molecule has 3 heterocycles. The molecule has 2 aromatic rings. The number of aliphatic hydroxyl groups is 1. The molecule has 0 spiro atoms. The summed E-state index contributed by atoms with van der Waals surface area (Å²) in [6.07, 6.45) is 4.91. The highest BCUT2D eigenvalue weighted by atomic mass is 16.3. The Kier molecular flexibility index (Phi) is 3.27. The van der Waals surface area contributed by atoms with Crippen LogP contribution >= 0.6 is 0 Å². The van der Waals surface area contributed by atoms with Crippen LogP contribution in [0.15, 0.2) is 42.6 Å². The van der Waals surface area contributed by atoms with Crippen molar-refractivity contribution in [1.82, 2.24) is 14.7 Å². The largest absolute Gasteiger partial charge is 0.385 e. The van der Waals surface area contributed by atoms with Crippen LogP contribution in [0.25, 0.3) is 0 Å². The number of amides is 1. The van der Waals surface area contributed by atoms with Crippen LogP contribution in [0.3, 0.4) is 0 Å². The molecule has 2 saturated heterocycles. The molecule has 23 heavy (non-hydrogen) atoms. The third kappa shape index (κ3) is 2.36. The monoisotopic (exact) mass is 311 g/mol. The lowest BCUT2D eigenvalue weighted by molar-refractivity contribution is -0.0480. The van der Waals surface area contributed by atoms with E-state index in [4.69, 9.17) is 0 Å². The first-order valence-corrected chi connectivity index (χ1v) is 8.17. The predicted molar refractivity (Wildman–Crippen MR) is 85.8 cm³/mol. The molecule has 5 heteroatoms. The van der Waals surface area contributed by atoms with E-state index in [-0.39, 0.29) is 18.0 Å². The van der Waals surface area contributed by atoms with E-state index >= 15 is 0 Å². The first-order valence-electron chi connectivity index (χ1n) is 8.17. The number of carbonyl (C=O) groups is 1. The Balaban J connectivity index is 1.60. The fourth-order valence-corrected chi connectivity index (χ4v) is 4.20. The van der Waals surface area contributed by atoms with Gasteiger partial charge in [-0.3, -0.25) is 9.48 Å². The first kappa shape index (κ1) is 14.5. The lowest BCUT2D eigenvalue weighted by Gasteiger charge is -2.43. The molecular formula is C18H21N3O2. The average molecular weight is 311 g/mol. The van der Waals surface area contributed by atoms with Gasteiger partial charge in [0.05, 0.1) is 5.60 Å². The number of hydrogen-bond donors (Lipinski definition) is 1. The smallest absolute Gasteiger partial charge is 0.274 e. The van der Waals surface area contributed by atoms with Crippen LogP contribution in [0, 0.1) is 0 Å². The van der Waals surface area contributed by atoms with Gasteiger partial charge in [0.1, 0.15) is 5.69 Å². The highest BCUT2D eigenvalue weighted by molar-refractivity contribution is 5.93. The molecule has 0 aliphatic carbocycles. The first-order chi connectivity index (χ1) is 11.1. The van der Waals surface area contributed by atoms with Crippen LogP contribution < -0.4 is 0 Å². The van der Waals surface area contributed by atoms with Gasteiger partial charge in [-0.05, 0) is 24.5 Å². The third-order valence-electron chi connectivity index (χ3n) is 5.24. The lowest BCUT2D eigenvalue weighted by atomic mass is 9.80. The SMILES string of the molecule is Cn1ccc(C(=O)N2C3CCC2CC(O)(c2ccccc2)C3)n1. The maximum atomic E-state index is 12.8. The molecule has 2 atom stereocenters. The van der Waals surface area contributed by atoms with Crippen molar-refractivity contribution in [3.63, 3.8) is 0 Å². The van der Waals surface area contributed by atoms with Crippen molar-refractivity contribution in [2.45, 2.75) is 43.4 Å². The summed E-state index contributed by atoms with van der Waals surface area (Å²) >= 11 is 0. The maximum Gasteiger partial charge on any atom is 0.274 e. The molecule has 1 aromatic heterocycles. The minimum Gasteiger partial charge on any atom is -0.385 e. The molecule has 1 N–H and O–H groups in total. The van der Waals surface area contributed by atoms with Crippen LogP contribution in [0.1, 0.15) is 41.7 Å². The van der Waals surface area contributed by atoms with Gasteiger partial charge in [-0.15, -0.1) is 0 Å². The van der Waals surface area contributed by atoms with Crippen molar-refractivity contribution in [1.29, 1.82) is 0 Å². The van der Waals surface area contributed by atoms with E-state index in [2.05, 4.69) is 5.10 Å². The molecule has 2 unspecified atom stereocenters. The second-order valence-electron chi connectivity index (χ2n) is 6.78. The number of piperidine rings is 1. The molecule has 2 aliphatic heterocycles. The topological polar surface area (TPSA) is 58.4 Å². The molecule has 2 bridgehead atoms. The number of benzene rings is 1. The van der Waals surface area contributed by atoms with Crippen molar-refractivity contribution in [3.8, 4) is 0 Å². The normalized spacial score (nSPS) is 29.7. The summed E-state index contributed by atoms with van der Waals surface area (Å²) in [4.78, 5) is 14.7. The van der Waals surface area contributed by atoms with E-state index < -0.39 is 5.60 Å². The van der Waals surface area contributed by atoms with Gasteiger partial charge in [-0.1, -0.05) is 30.3 Å². The molecule has 1 amide bonds. The molecule has 2 aliphatic rings. The van der Waals surface area contributed by atoms with Crippen LogP contribution in [0.4, 0.5) is 0 Å². The quantitative estimate of drug-likeness (QED) is 0.924. The van der Waals surface area contributed by atoms with Crippen LogP contribution in [0.2, 0.25) is 0 Å². The second kappa shape index (κ2) is 5.20. The van der Waals surface area contributed by atoms with Crippen LogP contribution in [-0.4, -0.2) is 37.8 Å². The predicted octanol–water partition coefficient (Wildman–Crippen LogP) is 2.07. The Morgan fingerprint density at radius 3 is 2.39 bits per heavy atom. The summed E-state index contributed by atoms with van der Waals surface area (Å²) in [5.41, 5.74) is 0.630. The van der Waals surface area contributed by atoms with Gasteiger partial charge in [-0.25, -0.2) is 0 Å². The molecule has 4 rings (SSSR count). The van der Waals surface area contributed by atoms with E-state index in [1.54, 1.807) is 16.9 Å². The van der Waals surface area contributed by atoms with E-state index in [0.29, 0.717) is 18.5 Å². The van der Waals surface area contributed by atoms with Gasteiger partial charge in [0.25, 0.3) is 5.91 Å². The van der Waals surface area contributed by atoms with Crippen molar-refractivity contribution >= 4 is 5.91 Å². The van der Waals surface area contributed by atoms with Crippen molar-refractivity contribution in [2.24, 2.45) is 7.05 Å². The van der Waals surface area contributed by atoms with Gasteiger partial charge < -0.3 is 10.0 Å². The van der Waals surface area contributed by atoms with Crippen molar-refractivity contribution < 1.29 is 9.90 Å². The maximum absolute atomic E-state index is 12.8. The molecule has 1 aromatic carbocycles. The Morgan fingerprint density at radius 2 is 1.83 bits per heavy atom. The number of aromatic nitrogens is 2. The summed E-state index contributed by atoms with van der Waals surface area (Å²) in [6.45, 7) is 0. The fraction of sp³-hybridized carbons (Fsp3) is 0.444.